The van der Waals surface area contributed by atoms with Gasteiger partial charge in [0.1, 0.15) is 11.4 Å². The molecule has 0 saturated heterocycles. The maximum absolute atomic E-state index is 13.7. The second kappa shape index (κ2) is 7.99. The van der Waals surface area contributed by atoms with Crippen LogP contribution in [0.5, 0.6) is 0 Å². The van der Waals surface area contributed by atoms with E-state index in [9.17, 15) is 14.0 Å². The molecule has 0 saturated carbocycles. The molecule has 26 heavy (non-hydrogen) atoms. The third kappa shape index (κ3) is 5.87. The molecular weight excluding hydrogens is 341 g/mol. The summed E-state index contributed by atoms with van der Waals surface area (Å²) in [6.45, 7) is 6.13. The number of aliphatic carboxylic acids is 1. The summed E-state index contributed by atoms with van der Waals surface area (Å²) in [5.74, 6) is -1.64. The largest absolute Gasteiger partial charge is 0.481 e. The fraction of sp³-hybridized carbons (Fsp3) is 0.389. The monoisotopic (exact) mass is 363 g/mol. The number of carboxylic acid groups (broad SMARTS) is 1. The van der Waals surface area contributed by atoms with Crippen molar-refractivity contribution in [1.82, 2.24) is 15.1 Å². The summed E-state index contributed by atoms with van der Waals surface area (Å²) in [5.41, 5.74) is 0.969. The molecule has 0 fully saturated rings. The Kier molecular flexibility index (Phi) is 5.97. The van der Waals surface area contributed by atoms with Crippen LogP contribution in [0.25, 0.3) is 11.1 Å². The molecule has 0 aliphatic rings. The zero-order valence-electron chi connectivity index (χ0n) is 15.0. The SMILES string of the molecule is CC(C)(C)OC(=O)NCCn1cc(-c2ccc(F)c(CC(=O)O)c2)cn1. The van der Waals surface area contributed by atoms with Crippen molar-refractivity contribution in [1.29, 1.82) is 0 Å². The van der Waals surface area contributed by atoms with Gasteiger partial charge in [-0.3, -0.25) is 9.48 Å². The van der Waals surface area contributed by atoms with E-state index in [-0.39, 0.29) is 12.0 Å². The van der Waals surface area contributed by atoms with Crippen LogP contribution in [0.3, 0.4) is 0 Å². The van der Waals surface area contributed by atoms with Gasteiger partial charge >= 0.3 is 12.1 Å². The van der Waals surface area contributed by atoms with Gasteiger partial charge < -0.3 is 15.2 Å². The van der Waals surface area contributed by atoms with Gasteiger partial charge in [0.25, 0.3) is 0 Å². The highest BCUT2D eigenvalue weighted by atomic mass is 19.1. The van der Waals surface area contributed by atoms with Gasteiger partial charge in [-0.15, -0.1) is 0 Å². The quantitative estimate of drug-likeness (QED) is 0.823. The molecule has 2 aromatic rings. The number of ether oxygens (including phenoxy) is 1. The summed E-state index contributed by atoms with van der Waals surface area (Å²) in [5, 5.41) is 15.7. The van der Waals surface area contributed by atoms with Crippen LogP contribution in [0.1, 0.15) is 26.3 Å². The van der Waals surface area contributed by atoms with Gasteiger partial charge in [-0.05, 0) is 44.0 Å². The Morgan fingerprint density at radius 1 is 1.31 bits per heavy atom. The topological polar surface area (TPSA) is 93.5 Å². The predicted octanol–water partition coefficient (Wildman–Crippen LogP) is 2.84. The lowest BCUT2D eigenvalue weighted by atomic mass is 10.0. The minimum absolute atomic E-state index is 0.120. The first kappa shape index (κ1) is 19.4. The maximum Gasteiger partial charge on any atom is 0.407 e. The number of alkyl carbamates (subject to hydrolysis) is 1. The molecule has 1 aromatic heterocycles. The van der Waals surface area contributed by atoms with Crippen LogP contribution in [0, 0.1) is 5.82 Å². The molecule has 1 amide bonds. The van der Waals surface area contributed by atoms with Crippen molar-refractivity contribution in [3.8, 4) is 11.1 Å². The van der Waals surface area contributed by atoms with Gasteiger partial charge in [0, 0.05) is 18.3 Å². The second-order valence-electron chi connectivity index (χ2n) is 6.80. The van der Waals surface area contributed by atoms with Gasteiger partial charge in [0.05, 0.1) is 19.2 Å². The first-order valence-electron chi connectivity index (χ1n) is 8.14. The predicted molar refractivity (Wildman–Crippen MR) is 93.2 cm³/mol. The number of rotatable bonds is 6. The van der Waals surface area contributed by atoms with Crippen LogP contribution >= 0.6 is 0 Å². The Hall–Kier alpha value is -2.90. The Bertz CT molecular complexity index is 796. The number of carbonyl (C=O) groups is 2. The summed E-state index contributed by atoms with van der Waals surface area (Å²) in [6, 6.07) is 4.32. The van der Waals surface area contributed by atoms with E-state index in [1.165, 1.54) is 12.1 Å². The average molecular weight is 363 g/mol. The van der Waals surface area contributed by atoms with Gasteiger partial charge in [0.2, 0.25) is 0 Å². The highest BCUT2D eigenvalue weighted by Gasteiger charge is 2.15. The van der Waals surface area contributed by atoms with E-state index < -0.39 is 23.5 Å². The molecule has 0 aliphatic heterocycles. The molecule has 2 rings (SSSR count). The smallest absolute Gasteiger partial charge is 0.407 e. The molecule has 0 radical (unpaired) electrons. The first-order valence-corrected chi connectivity index (χ1v) is 8.14. The molecule has 0 unspecified atom stereocenters. The van der Waals surface area contributed by atoms with Crippen molar-refractivity contribution in [2.24, 2.45) is 0 Å². The van der Waals surface area contributed by atoms with Gasteiger partial charge in [-0.1, -0.05) is 6.07 Å². The molecule has 1 heterocycles. The lowest BCUT2D eigenvalue weighted by Gasteiger charge is -2.19. The van der Waals surface area contributed by atoms with Crippen molar-refractivity contribution >= 4 is 12.1 Å². The average Bonchev–Trinajstić information content (AvgIpc) is 2.96. The molecule has 0 atom stereocenters. The number of amides is 1. The number of nitrogens with zero attached hydrogens (tertiary/aromatic N) is 2. The molecule has 0 spiro atoms. The summed E-state index contributed by atoms with van der Waals surface area (Å²) >= 11 is 0. The zero-order chi connectivity index (χ0) is 19.3. The number of halogens is 1. The van der Waals surface area contributed by atoms with Crippen molar-refractivity contribution in [2.75, 3.05) is 6.54 Å². The number of aromatic nitrogens is 2. The van der Waals surface area contributed by atoms with E-state index in [2.05, 4.69) is 10.4 Å². The fourth-order valence-corrected chi connectivity index (χ4v) is 2.27. The van der Waals surface area contributed by atoms with Crippen molar-refractivity contribution < 1.29 is 23.8 Å². The van der Waals surface area contributed by atoms with Gasteiger partial charge in [-0.25, -0.2) is 9.18 Å². The molecule has 140 valence electrons. The molecule has 7 nitrogen and oxygen atoms in total. The van der Waals surface area contributed by atoms with E-state index in [1.54, 1.807) is 43.9 Å². The molecule has 0 bridgehead atoms. The number of nitrogens with one attached hydrogen (secondary N) is 1. The minimum Gasteiger partial charge on any atom is -0.481 e. The Balaban J connectivity index is 1.97. The molecule has 2 N–H and O–H groups in total. The van der Waals surface area contributed by atoms with E-state index >= 15 is 0 Å². The molecular formula is C18H22FN3O4. The van der Waals surface area contributed by atoms with Crippen LogP contribution in [0.2, 0.25) is 0 Å². The molecule has 0 aliphatic carbocycles. The summed E-state index contributed by atoms with van der Waals surface area (Å²) < 4.78 is 20.4. The number of carboxylic acids is 1. The van der Waals surface area contributed by atoms with Crippen LogP contribution in [-0.2, 0) is 22.5 Å². The van der Waals surface area contributed by atoms with E-state index in [0.29, 0.717) is 18.7 Å². The van der Waals surface area contributed by atoms with E-state index in [1.807, 2.05) is 0 Å². The highest BCUT2D eigenvalue weighted by Crippen LogP contribution is 2.22. The number of hydrogen-bond donors (Lipinski definition) is 2. The summed E-state index contributed by atoms with van der Waals surface area (Å²) in [4.78, 5) is 22.4. The molecule has 1 aromatic carbocycles. The molecule has 8 heteroatoms. The van der Waals surface area contributed by atoms with Crippen molar-refractivity contribution in [2.45, 2.75) is 39.3 Å². The standard InChI is InChI=1S/C18H22FN3O4/c1-18(2,3)26-17(25)20-6-7-22-11-14(10-21-22)12-4-5-15(19)13(8-12)9-16(23)24/h4-5,8,10-11H,6-7,9H2,1-3H3,(H,20,25)(H,23,24). The van der Waals surface area contributed by atoms with Crippen LogP contribution < -0.4 is 5.32 Å². The van der Waals surface area contributed by atoms with Gasteiger partial charge in [0.15, 0.2) is 0 Å². The first-order chi connectivity index (χ1) is 12.1. The van der Waals surface area contributed by atoms with Crippen LogP contribution in [0.4, 0.5) is 9.18 Å². The van der Waals surface area contributed by atoms with Crippen LogP contribution in [-0.4, -0.2) is 39.1 Å². The normalized spacial score (nSPS) is 11.2. The van der Waals surface area contributed by atoms with E-state index in [0.717, 1.165) is 5.56 Å². The number of benzene rings is 1. The lowest BCUT2D eigenvalue weighted by molar-refractivity contribution is -0.136. The number of carbonyl (C=O) groups excluding carboxylic acids is 1. The maximum atomic E-state index is 13.7. The van der Waals surface area contributed by atoms with Crippen LogP contribution in [0.15, 0.2) is 30.6 Å². The third-order valence-electron chi connectivity index (χ3n) is 3.36. The highest BCUT2D eigenvalue weighted by molar-refractivity contribution is 5.72. The summed E-state index contributed by atoms with van der Waals surface area (Å²) in [6.07, 6.45) is 2.47. The Morgan fingerprint density at radius 3 is 2.69 bits per heavy atom. The van der Waals surface area contributed by atoms with Gasteiger partial charge in [-0.2, -0.15) is 5.10 Å². The number of hydrogen-bond acceptors (Lipinski definition) is 4. The van der Waals surface area contributed by atoms with Crippen molar-refractivity contribution in [3.63, 3.8) is 0 Å². The Morgan fingerprint density at radius 2 is 2.04 bits per heavy atom. The third-order valence-corrected chi connectivity index (χ3v) is 3.36. The Labute approximate surface area is 150 Å². The van der Waals surface area contributed by atoms with Crippen molar-refractivity contribution in [3.05, 3.63) is 42.0 Å². The van der Waals surface area contributed by atoms with E-state index in [4.69, 9.17) is 9.84 Å². The zero-order valence-corrected chi connectivity index (χ0v) is 15.0. The second-order valence-corrected chi connectivity index (χ2v) is 6.80. The lowest BCUT2D eigenvalue weighted by Crippen LogP contribution is -2.34. The minimum atomic E-state index is -1.09. The summed E-state index contributed by atoms with van der Waals surface area (Å²) in [7, 11) is 0. The fourth-order valence-electron chi connectivity index (χ4n) is 2.27.